The molecule has 0 bridgehead atoms. The number of allylic oxidation sites excluding steroid dienone is 1. The van der Waals surface area contributed by atoms with Crippen LogP contribution in [0, 0.1) is 0 Å². The van der Waals surface area contributed by atoms with Crippen LogP contribution in [0.15, 0.2) is 62.7 Å². The molecule has 0 saturated heterocycles. The fourth-order valence-corrected chi connectivity index (χ4v) is 0.715. The molecule has 1 nitrogen and oxygen atoms in total. The molecule has 0 spiro atoms. The molecule has 0 aliphatic rings. The van der Waals surface area contributed by atoms with E-state index in [0.717, 1.165) is 11.8 Å². The Labute approximate surface area is 86.1 Å². The van der Waals surface area contributed by atoms with E-state index in [-0.39, 0.29) is 0 Å². The van der Waals surface area contributed by atoms with Crippen molar-refractivity contribution in [2.75, 3.05) is 0 Å². The SMILES string of the molecule is C=C.C=C.O=CC=Cc1ccccc1. The minimum atomic E-state index is 0.771. The van der Waals surface area contributed by atoms with E-state index in [4.69, 9.17) is 0 Å². The van der Waals surface area contributed by atoms with Gasteiger partial charge in [-0.2, -0.15) is 0 Å². The Morgan fingerprint density at radius 3 is 1.86 bits per heavy atom. The molecular weight excluding hydrogens is 172 g/mol. The molecule has 0 aliphatic heterocycles. The summed E-state index contributed by atoms with van der Waals surface area (Å²) >= 11 is 0. The minimum absolute atomic E-state index is 0.771. The molecule has 0 aliphatic carbocycles. The zero-order valence-electron chi connectivity index (χ0n) is 8.36. The molecular formula is C13H16O. The maximum Gasteiger partial charge on any atom is 0.142 e. The first-order chi connectivity index (χ1) is 6.93. The Hall–Kier alpha value is -1.89. The summed E-state index contributed by atoms with van der Waals surface area (Å²) in [4.78, 5) is 9.89. The summed E-state index contributed by atoms with van der Waals surface area (Å²) in [6, 6.07) is 9.70. The number of carbonyl (C=O) groups excluding carboxylic acids is 1. The zero-order chi connectivity index (χ0) is 11.2. The second kappa shape index (κ2) is 13.7. The maximum atomic E-state index is 9.89. The van der Waals surface area contributed by atoms with Gasteiger partial charge in [0.25, 0.3) is 0 Å². The van der Waals surface area contributed by atoms with Gasteiger partial charge in [-0.15, -0.1) is 26.3 Å². The van der Waals surface area contributed by atoms with Crippen LogP contribution in [0.3, 0.4) is 0 Å². The van der Waals surface area contributed by atoms with Crippen molar-refractivity contribution in [2.45, 2.75) is 0 Å². The maximum absolute atomic E-state index is 9.89. The predicted octanol–water partition coefficient (Wildman–Crippen LogP) is 3.50. The van der Waals surface area contributed by atoms with E-state index in [1.165, 1.54) is 6.08 Å². The smallest absolute Gasteiger partial charge is 0.142 e. The molecule has 0 saturated carbocycles. The summed E-state index contributed by atoms with van der Waals surface area (Å²) in [6.45, 7) is 12.0. The third-order valence-corrected chi connectivity index (χ3v) is 1.17. The normalized spacial score (nSPS) is 7.71. The van der Waals surface area contributed by atoms with Crippen LogP contribution in [0.1, 0.15) is 5.56 Å². The molecule has 0 unspecified atom stereocenters. The summed E-state index contributed by atoms with van der Waals surface area (Å²) in [6.07, 6.45) is 4.02. The number of aldehydes is 1. The molecule has 0 aromatic heterocycles. The molecule has 0 amide bonds. The third kappa shape index (κ3) is 8.21. The minimum Gasteiger partial charge on any atom is -0.299 e. The Balaban J connectivity index is 0. The van der Waals surface area contributed by atoms with E-state index < -0.39 is 0 Å². The molecule has 0 N–H and O–H groups in total. The molecule has 0 atom stereocenters. The van der Waals surface area contributed by atoms with Gasteiger partial charge in [0.1, 0.15) is 6.29 Å². The van der Waals surface area contributed by atoms with Gasteiger partial charge in [-0.25, -0.2) is 0 Å². The van der Waals surface area contributed by atoms with Crippen LogP contribution in [-0.4, -0.2) is 6.29 Å². The van der Waals surface area contributed by atoms with Gasteiger partial charge in [-0.3, -0.25) is 4.79 Å². The lowest BCUT2D eigenvalue weighted by molar-refractivity contribution is -0.104. The van der Waals surface area contributed by atoms with Gasteiger partial charge in [-0.05, 0) is 11.6 Å². The highest BCUT2D eigenvalue weighted by atomic mass is 16.1. The van der Waals surface area contributed by atoms with E-state index in [2.05, 4.69) is 26.3 Å². The number of benzene rings is 1. The van der Waals surface area contributed by atoms with Crippen molar-refractivity contribution < 1.29 is 4.79 Å². The molecule has 1 heteroatoms. The number of rotatable bonds is 2. The Morgan fingerprint density at radius 2 is 1.43 bits per heavy atom. The topological polar surface area (TPSA) is 17.1 Å². The van der Waals surface area contributed by atoms with Gasteiger partial charge in [0, 0.05) is 0 Å². The van der Waals surface area contributed by atoms with Crippen LogP contribution < -0.4 is 0 Å². The van der Waals surface area contributed by atoms with E-state index in [9.17, 15) is 4.79 Å². The van der Waals surface area contributed by atoms with E-state index in [1.54, 1.807) is 6.08 Å². The van der Waals surface area contributed by atoms with Crippen LogP contribution in [0.2, 0.25) is 0 Å². The molecule has 14 heavy (non-hydrogen) atoms. The largest absolute Gasteiger partial charge is 0.299 e. The van der Waals surface area contributed by atoms with Crippen molar-refractivity contribution in [3.05, 3.63) is 68.3 Å². The van der Waals surface area contributed by atoms with Gasteiger partial charge in [-0.1, -0.05) is 36.4 Å². The van der Waals surface area contributed by atoms with Gasteiger partial charge >= 0.3 is 0 Å². The Morgan fingerprint density at radius 1 is 0.929 bits per heavy atom. The first-order valence-corrected chi connectivity index (χ1v) is 4.10. The van der Waals surface area contributed by atoms with Crippen LogP contribution in [-0.2, 0) is 4.79 Å². The quantitative estimate of drug-likeness (QED) is 0.394. The summed E-state index contributed by atoms with van der Waals surface area (Å²) in [5.74, 6) is 0. The number of carbonyl (C=O) groups is 1. The van der Waals surface area contributed by atoms with Crippen LogP contribution >= 0.6 is 0 Å². The average Bonchev–Trinajstić information content (AvgIpc) is 2.33. The zero-order valence-corrected chi connectivity index (χ0v) is 8.36. The number of hydrogen-bond acceptors (Lipinski definition) is 1. The van der Waals surface area contributed by atoms with Crippen molar-refractivity contribution in [3.8, 4) is 0 Å². The molecule has 0 radical (unpaired) electrons. The number of hydrogen-bond donors (Lipinski definition) is 0. The van der Waals surface area contributed by atoms with Gasteiger partial charge in [0.2, 0.25) is 0 Å². The highest BCUT2D eigenvalue weighted by Crippen LogP contribution is 1.99. The van der Waals surface area contributed by atoms with Crippen LogP contribution in [0.5, 0.6) is 0 Å². The monoisotopic (exact) mass is 188 g/mol. The van der Waals surface area contributed by atoms with Crippen molar-refractivity contribution in [3.63, 3.8) is 0 Å². The van der Waals surface area contributed by atoms with E-state index >= 15 is 0 Å². The second-order valence-corrected chi connectivity index (χ2v) is 1.91. The van der Waals surface area contributed by atoms with Crippen LogP contribution in [0.25, 0.3) is 6.08 Å². The second-order valence-electron chi connectivity index (χ2n) is 1.91. The van der Waals surface area contributed by atoms with E-state index in [1.807, 2.05) is 30.3 Å². The lowest BCUT2D eigenvalue weighted by Crippen LogP contribution is -1.67. The lowest BCUT2D eigenvalue weighted by Gasteiger charge is -1.86. The van der Waals surface area contributed by atoms with E-state index in [0.29, 0.717) is 0 Å². The third-order valence-electron chi connectivity index (χ3n) is 1.17. The fourth-order valence-electron chi connectivity index (χ4n) is 0.715. The molecule has 0 fully saturated rings. The molecule has 1 aromatic rings. The van der Waals surface area contributed by atoms with Crippen molar-refractivity contribution in [1.82, 2.24) is 0 Å². The molecule has 1 rings (SSSR count). The lowest BCUT2D eigenvalue weighted by atomic mass is 10.2. The van der Waals surface area contributed by atoms with Gasteiger partial charge in [0.05, 0.1) is 0 Å². The highest BCUT2D eigenvalue weighted by molar-refractivity contribution is 5.73. The Kier molecular flexibility index (Phi) is 14.3. The Bertz CT molecular complexity index is 247. The summed E-state index contributed by atoms with van der Waals surface area (Å²) < 4.78 is 0. The summed E-state index contributed by atoms with van der Waals surface area (Å²) in [5, 5.41) is 0. The van der Waals surface area contributed by atoms with Gasteiger partial charge in [0.15, 0.2) is 0 Å². The first kappa shape index (κ1) is 14.6. The average molecular weight is 188 g/mol. The predicted molar refractivity (Wildman–Crippen MR) is 64.0 cm³/mol. The van der Waals surface area contributed by atoms with Crippen molar-refractivity contribution in [1.29, 1.82) is 0 Å². The fraction of sp³-hybridized carbons (Fsp3) is 0. The molecule has 1 aromatic carbocycles. The van der Waals surface area contributed by atoms with Crippen molar-refractivity contribution >= 4 is 12.4 Å². The molecule has 0 heterocycles. The standard InChI is InChI=1S/C9H8O.2C2H4/c10-8-4-7-9-5-2-1-3-6-9;2*1-2/h1-8H;2*1-2H2. The summed E-state index contributed by atoms with van der Waals surface area (Å²) in [7, 11) is 0. The first-order valence-electron chi connectivity index (χ1n) is 4.10. The van der Waals surface area contributed by atoms with Gasteiger partial charge < -0.3 is 0 Å². The highest BCUT2D eigenvalue weighted by Gasteiger charge is 1.79. The molecule has 74 valence electrons. The van der Waals surface area contributed by atoms with Crippen LogP contribution in [0.4, 0.5) is 0 Å². The summed E-state index contributed by atoms with van der Waals surface area (Å²) in [5.41, 5.74) is 1.05. The van der Waals surface area contributed by atoms with Crippen molar-refractivity contribution in [2.24, 2.45) is 0 Å².